The molecular weight excluding hydrogens is 250 g/mol. The van der Waals surface area contributed by atoms with Crippen molar-refractivity contribution >= 4 is 23.0 Å². The van der Waals surface area contributed by atoms with Crippen LogP contribution in [-0.2, 0) is 18.2 Å². The maximum absolute atomic E-state index is 11.9. The Morgan fingerprint density at radius 3 is 2.94 bits per heavy atom. The van der Waals surface area contributed by atoms with Gasteiger partial charge in [0, 0.05) is 13.5 Å². The highest BCUT2D eigenvalue weighted by molar-refractivity contribution is 7.07. The number of rotatable bonds is 4. The Labute approximate surface area is 109 Å². The van der Waals surface area contributed by atoms with Crippen molar-refractivity contribution < 1.29 is 9.53 Å². The zero-order valence-electron chi connectivity index (χ0n) is 10.3. The molecule has 0 unspecified atom stereocenters. The van der Waals surface area contributed by atoms with E-state index < -0.39 is 5.97 Å². The van der Waals surface area contributed by atoms with E-state index in [0.29, 0.717) is 30.1 Å². The minimum Gasteiger partial charge on any atom is -0.461 e. The molecule has 2 aromatic rings. The summed E-state index contributed by atoms with van der Waals surface area (Å²) in [6, 6.07) is 2.01. The molecule has 0 aliphatic heterocycles. The third kappa shape index (κ3) is 2.53. The predicted octanol–water partition coefficient (Wildman–Crippen LogP) is 1.77. The van der Waals surface area contributed by atoms with Gasteiger partial charge in [-0.2, -0.15) is 16.4 Å². The number of hydrogen-bond acceptors (Lipinski definition) is 5. The van der Waals surface area contributed by atoms with Crippen LogP contribution >= 0.6 is 11.3 Å². The highest BCUT2D eigenvalue weighted by atomic mass is 32.1. The van der Waals surface area contributed by atoms with Crippen molar-refractivity contribution in [2.24, 2.45) is 7.05 Å². The molecule has 0 saturated heterocycles. The minimum absolute atomic E-state index is 0.317. The van der Waals surface area contributed by atoms with Crippen LogP contribution in [0.5, 0.6) is 0 Å². The van der Waals surface area contributed by atoms with E-state index in [2.05, 4.69) is 5.10 Å². The zero-order valence-corrected chi connectivity index (χ0v) is 11.2. The second kappa shape index (κ2) is 5.22. The summed E-state index contributed by atoms with van der Waals surface area (Å²) in [5.41, 5.74) is 8.30. The fourth-order valence-electron chi connectivity index (χ4n) is 1.68. The number of aryl methyl sites for hydroxylation is 2. The molecule has 0 aliphatic rings. The van der Waals surface area contributed by atoms with Crippen LogP contribution in [0, 0.1) is 6.92 Å². The lowest BCUT2D eigenvalue weighted by Gasteiger charge is -2.05. The molecule has 18 heavy (non-hydrogen) atoms. The summed E-state index contributed by atoms with van der Waals surface area (Å²) in [5, 5.41) is 8.12. The third-order valence-corrected chi connectivity index (χ3v) is 3.40. The summed E-state index contributed by atoms with van der Waals surface area (Å²) in [6.07, 6.45) is 0.714. The summed E-state index contributed by atoms with van der Waals surface area (Å²) in [7, 11) is 1.68. The van der Waals surface area contributed by atoms with Crippen LogP contribution in [0.25, 0.3) is 0 Å². The van der Waals surface area contributed by atoms with Crippen LogP contribution < -0.4 is 5.73 Å². The van der Waals surface area contributed by atoms with E-state index >= 15 is 0 Å². The van der Waals surface area contributed by atoms with Gasteiger partial charge < -0.3 is 10.5 Å². The van der Waals surface area contributed by atoms with E-state index in [-0.39, 0.29) is 0 Å². The van der Waals surface area contributed by atoms with Crippen molar-refractivity contribution in [2.45, 2.75) is 13.3 Å². The number of nitrogens with two attached hydrogens (primary N) is 1. The lowest BCUT2D eigenvalue weighted by atomic mass is 10.2. The first-order valence-corrected chi connectivity index (χ1v) is 6.51. The average molecular weight is 265 g/mol. The van der Waals surface area contributed by atoms with Gasteiger partial charge in [-0.05, 0) is 29.3 Å². The number of hydrogen-bond donors (Lipinski definition) is 1. The van der Waals surface area contributed by atoms with E-state index in [4.69, 9.17) is 10.5 Å². The van der Waals surface area contributed by atoms with Crippen LogP contribution in [0.1, 0.15) is 21.7 Å². The number of ether oxygens (including phenoxy) is 1. The summed E-state index contributed by atoms with van der Waals surface area (Å²) < 4.78 is 6.66. The van der Waals surface area contributed by atoms with Gasteiger partial charge in [-0.3, -0.25) is 4.68 Å². The fraction of sp³-hybridized carbons (Fsp3) is 0.333. The summed E-state index contributed by atoms with van der Waals surface area (Å²) >= 11 is 1.63. The smallest absolute Gasteiger partial charge is 0.358 e. The van der Waals surface area contributed by atoms with Crippen molar-refractivity contribution in [3.63, 3.8) is 0 Å². The zero-order chi connectivity index (χ0) is 13.1. The molecule has 0 bridgehead atoms. The normalized spacial score (nSPS) is 10.6. The Morgan fingerprint density at radius 1 is 1.61 bits per heavy atom. The molecule has 0 spiro atoms. The van der Waals surface area contributed by atoms with Crippen LogP contribution in [0.4, 0.5) is 5.69 Å². The van der Waals surface area contributed by atoms with Gasteiger partial charge in [0.2, 0.25) is 0 Å². The van der Waals surface area contributed by atoms with Crippen LogP contribution in [0.2, 0.25) is 0 Å². The van der Waals surface area contributed by atoms with Crippen molar-refractivity contribution in [1.29, 1.82) is 0 Å². The van der Waals surface area contributed by atoms with Crippen LogP contribution in [0.15, 0.2) is 16.8 Å². The molecule has 0 radical (unpaired) electrons. The highest BCUT2D eigenvalue weighted by Crippen LogP contribution is 2.16. The first-order chi connectivity index (χ1) is 8.59. The molecule has 2 rings (SSSR count). The fourth-order valence-corrected chi connectivity index (χ4v) is 2.38. The van der Waals surface area contributed by atoms with E-state index in [9.17, 15) is 4.79 Å². The Balaban J connectivity index is 1.95. The second-order valence-electron chi connectivity index (χ2n) is 3.99. The molecule has 2 aromatic heterocycles. The van der Waals surface area contributed by atoms with Crippen molar-refractivity contribution in [3.8, 4) is 0 Å². The number of carbonyl (C=O) groups is 1. The van der Waals surface area contributed by atoms with Crippen molar-refractivity contribution in [3.05, 3.63) is 33.8 Å². The van der Waals surface area contributed by atoms with Crippen LogP contribution in [-0.4, -0.2) is 22.4 Å². The predicted molar refractivity (Wildman–Crippen MR) is 70.7 cm³/mol. The van der Waals surface area contributed by atoms with E-state index in [1.165, 1.54) is 10.2 Å². The minimum atomic E-state index is -0.425. The van der Waals surface area contributed by atoms with Gasteiger partial charge in [0.05, 0.1) is 18.0 Å². The molecule has 0 fully saturated rings. The molecule has 0 amide bonds. The van der Waals surface area contributed by atoms with Crippen LogP contribution in [0.3, 0.4) is 0 Å². The average Bonchev–Trinajstić information content (AvgIpc) is 2.89. The number of thiophene rings is 1. The molecule has 2 N–H and O–H groups in total. The monoisotopic (exact) mass is 265 g/mol. The van der Waals surface area contributed by atoms with E-state index in [1.807, 2.05) is 16.8 Å². The third-order valence-electron chi connectivity index (χ3n) is 2.67. The maximum Gasteiger partial charge on any atom is 0.358 e. The molecule has 2 heterocycles. The maximum atomic E-state index is 11.9. The van der Waals surface area contributed by atoms with Gasteiger partial charge in [-0.25, -0.2) is 4.79 Å². The molecular formula is C12H15N3O2S. The largest absolute Gasteiger partial charge is 0.461 e. The summed E-state index contributed by atoms with van der Waals surface area (Å²) in [4.78, 5) is 11.9. The van der Waals surface area contributed by atoms with Gasteiger partial charge >= 0.3 is 5.97 Å². The highest BCUT2D eigenvalue weighted by Gasteiger charge is 2.19. The SMILES string of the molecule is Cc1nn(C)c(C(=O)OCCc2ccsc2)c1N. The quantitative estimate of drug-likeness (QED) is 0.855. The number of carbonyl (C=O) groups excluding carboxylic acids is 1. The molecule has 5 nitrogen and oxygen atoms in total. The lowest BCUT2D eigenvalue weighted by molar-refractivity contribution is 0.0498. The molecule has 0 saturated carbocycles. The number of aromatic nitrogens is 2. The first-order valence-electron chi connectivity index (χ1n) is 5.57. The van der Waals surface area contributed by atoms with E-state index in [0.717, 1.165) is 0 Å². The molecule has 0 aliphatic carbocycles. The Hall–Kier alpha value is -1.82. The number of nitrogens with zero attached hydrogens (tertiary/aromatic N) is 2. The number of esters is 1. The second-order valence-corrected chi connectivity index (χ2v) is 4.77. The van der Waals surface area contributed by atoms with Crippen molar-refractivity contribution in [1.82, 2.24) is 9.78 Å². The van der Waals surface area contributed by atoms with Gasteiger partial charge in [0.15, 0.2) is 5.69 Å². The molecule has 6 heteroatoms. The topological polar surface area (TPSA) is 70.1 Å². The summed E-state index contributed by atoms with van der Waals surface area (Å²) in [6.45, 7) is 2.11. The van der Waals surface area contributed by atoms with Gasteiger partial charge in [0.1, 0.15) is 0 Å². The number of nitrogen functional groups attached to an aromatic ring is 1. The first kappa shape index (κ1) is 12.6. The lowest BCUT2D eigenvalue weighted by Crippen LogP contribution is -2.14. The molecule has 0 atom stereocenters. The van der Waals surface area contributed by atoms with Crippen molar-refractivity contribution in [2.75, 3.05) is 12.3 Å². The molecule has 96 valence electrons. The Morgan fingerprint density at radius 2 is 2.39 bits per heavy atom. The number of anilines is 1. The summed E-state index contributed by atoms with van der Waals surface area (Å²) in [5.74, 6) is -0.425. The molecule has 0 aromatic carbocycles. The Kier molecular flexibility index (Phi) is 3.66. The van der Waals surface area contributed by atoms with Gasteiger partial charge in [-0.1, -0.05) is 0 Å². The standard InChI is InChI=1S/C12H15N3O2S/c1-8-10(13)11(15(2)14-8)12(16)17-5-3-9-4-6-18-7-9/h4,6-7H,3,5,13H2,1-2H3. The van der Waals surface area contributed by atoms with Gasteiger partial charge in [0.25, 0.3) is 0 Å². The van der Waals surface area contributed by atoms with E-state index in [1.54, 1.807) is 25.3 Å². The van der Waals surface area contributed by atoms with Gasteiger partial charge in [-0.15, -0.1) is 0 Å². The Bertz CT molecular complexity index is 546.